The first-order chi connectivity index (χ1) is 15.5. The van der Waals surface area contributed by atoms with E-state index in [-0.39, 0.29) is 28.8 Å². The van der Waals surface area contributed by atoms with Gasteiger partial charge in [0.25, 0.3) is 0 Å². The maximum absolute atomic E-state index is 12.6. The second-order valence-corrected chi connectivity index (χ2v) is 9.89. The van der Waals surface area contributed by atoms with Crippen molar-refractivity contribution in [2.24, 2.45) is 5.41 Å². The molecule has 2 amide bonds. The molecule has 1 saturated carbocycles. The average molecular weight is 443 g/mol. The highest BCUT2D eigenvalue weighted by molar-refractivity contribution is 5.98. The minimum absolute atomic E-state index is 0.104. The standard InChI is InChI=1S/C26H38N2O4/c1-4-6-12-26(13-8-11-25(26)16-23(29)27-24(30)17-25)28(14-5-2)19-15-20-21(31-3)9-7-10-22(20)32-18-19/h7,9-10,19H,4-6,8,11-18H2,1-3H3,(H,27,29,30). The fourth-order valence-electron chi connectivity index (χ4n) is 6.84. The second-order valence-electron chi connectivity index (χ2n) is 9.89. The Morgan fingerprint density at radius 2 is 1.94 bits per heavy atom. The Bertz CT molecular complexity index is 824. The molecular formula is C26H38N2O4. The number of methoxy groups -OCH3 is 1. The van der Waals surface area contributed by atoms with Crippen LogP contribution in [0.3, 0.4) is 0 Å². The lowest BCUT2D eigenvalue weighted by Crippen LogP contribution is -2.65. The molecule has 1 aromatic rings. The first-order valence-electron chi connectivity index (χ1n) is 12.4. The number of benzene rings is 1. The van der Waals surface area contributed by atoms with Gasteiger partial charge in [-0.05, 0) is 50.8 Å². The Morgan fingerprint density at radius 3 is 2.62 bits per heavy atom. The lowest BCUT2D eigenvalue weighted by atomic mass is 9.62. The van der Waals surface area contributed by atoms with Crippen LogP contribution in [0.15, 0.2) is 18.2 Å². The van der Waals surface area contributed by atoms with Gasteiger partial charge in [0, 0.05) is 35.4 Å². The summed E-state index contributed by atoms with van der Waals surface area (Å²) in [6.07, 6.45) is 9.10. The van der Waals surface area contributed by atoms with E-state index < -0.39 is 0 Å². The van der Waals surface area contributed by atoms with E-state index in [1.807, 2.05) is 18.2 Å². The van der Waals surface area contributed by atoms with Crippen LogP contribution in [0.1, 0.15) is 77.2 Å². The number of hydrogen-bond acceptors (Lipinski definition) is 5. The van der Waals surface area contributed by atoms with Gasteiger partial charge in [-0.25, -0.2) is 0 Å². The smallest absolute Gasteiger partial charge is 0.227 e. The number of nitrogens with zero attached hydrogens (tertiary/aromatic N) is 1. The van der Waals surface area contributed by atoms with Gasteiger partial charge in [-0.3, -0.25) is 19.8 Å². The summed E-state index contributed by atoms with van der Waals surface area (Å²) >= 11 is 0. The quantitative estimate of drug-likeness (QED) is 0.610. The fraction of sp³-hybridized carbons (Fsp3) is 0.692. The zero-order valence-corrected chi connectivity index (χ0v) is 19.9. The maximum Gasteiger partial charge on any atom is 0.227 e. The third-order valence-corrected chi connectivity index (χ3v) is 8.09. The van der Waals surface area contributed by atoms with E-state index >= 15 is 0 Å². The number of hydrogen-bond donors (Lipinski definition) is 1. The summed E-state index contributed by atoms with van der Waals surface area (Å²) in [7, 11) is 1.71. The summed E-state index contributed by atoms with van der Waals surface area (Å²) in [6, 6.07) is 6.20. The molecule has 1 N–H and O–H groups in total. The number of imide groups is 1. The molecule has 2 atom stereocenters. The van der Waals surface area contributed by atoms with E-state index in [9.17, 15) is 9.59 Å². The van der Waals surface area contributed by atoms with Gasteiger partial charge in [0.05, 0.1) is 7.11 Å². The monoisotopic (exact) mass is 442 g/mol. The molecule has 0 radical (unpaired) electrons. The molecule has 4 rings (SSSR count). The topological polar surface area (TPSA) is 67.9 Å². The van der Waals surface area contributed by atoms with Crippen molar-refractivity contribution in [1.82, 2.24) is 10.2 Å². The van der Waals surface area contributed by atoms with Crippen LogP contribution in [0.4, 0.5) is 0 Å². The Labute approximate surface area is 192 Å². The molecule has 2 heterocycles. The van der Waals surface area contributed by atoms with E-state index in [4.69, 9.17) is 9.47 Å². The van der Waals surface area contributed by atoms with Crippen molar-refractivity contribution in [2.75, 3.05) is 20.3 Å². The van der Waals surface area contributed by atoms with Crippen LogP contribution in [0.2, 0.25) is 0 Å². The number of piperidine rings is 1. The van der Waals surface area contributed by atoms with Crippen LogP contribution < -0.4 is 14.8 Å². The molecule has 0 aromatic heterocycles. The summed E-state index contributed by atoms with van der Waals surface area (Å²) < 4.78 is 11.9. The van der Waals surface area contributed by atoms with Gasteiger partial charge >= 0.3 is 0 Å². The van der Waals surface area contributed by atoms with Crippen molar-refractivity contribution in [3.8, 4) is 11.5 Å². The van der Waals surface area contributed by atoms with Gasteiger partial charge in [0.2, 0.25) is 11.8 Å². The Kier molecular flexibility index (Phi) is 6.80. The first kappa shape index (κ1) is 23.1. The predicted octanol–water partition coefficient (Wildman–Crippen LogP) is 4.25. The van der Waals surface area contributed by atoms with Gasteiger partial charge < -0.3 is 9.47 Å². The Morgan fingerprint density at radius 1 is 1.16 bits per heavy atom. The van der Waals surface area contributed by atoms with E-state index in [0.717, 1.165) is 75.0 Å². The molecule has 32 heavy (non-hydrogen) atoms. The third kappa shape index (κ3) is 3.91. The molecule has 1 aromatic carbocycles. The van der Waals surface area contributed by atoms with Crippen molar-refractivity contribution in [3.05, 3.63) is 23.8 Å². The van der Waals surface area contributed by atoms with Crippen LogP contribution in [0.5, 0.6) is 11.5 Å². The van der Waals surface area contributed by atoms with E-state index in [0.29, 0.717) is 19.4 Å². The minimum Gasteiger partial charge on any atom is -0.496 e. The van der Waals surface area contributed by atoms with E-state index in [1.54, 1.807) is 7.11 Å². The molecule has 6 heteroatoms. The Balaban J connectivity index is 1.75. The minimum atomic E-state index is -0.280. The molecule has 1 spiro atoms. The molecule has 2 aliphatic heterocycles. The summed E-state index contributed by atoms with van der Waals surface area (Å²) in [5, 5.41) is 2.57. The number of ether oxygens (including phenoxy) is 2. The zero-order chi connectivity index (χ0) is 22.8. The van der Waals surface area contributed by atoms with Crippen LogP contribution >= 0.6 is 0 Å². The van der Waals surface area contributed by atoms with Crippen LogP contribution in [-0.4, -0.2) is 48.6 Å². The second kappa shape index (κ2) is 9.42. The zero-order valence-electron chi connectivity index (χ0n) is 19.9. The maximum atomic E-state index is 12.6. The van der Waals surface area contributed by atoms with Crippen molar-refractivity contribution in [2.45, 2.75) is 89.6 Å². The summed E-state index contributed by atoms with van der Waals surface area (Å²) in [6.45, 7) is 6.02. The molecule has 2 unspecified atom stereocenters. The lowest BCUT2D eigenvalue weighted by molar-refractivity contribution is -0.146. The number of unbranched alkanes of at least 4 members (excludes halogenated alkanes) is 1. The largest absolute Gasteiger partial charge is 0.496 e. The highest BCUT2D eigenvalue weighted by atomic mass is 16.5. The van der Waals surface area contributed by atoms with Crippen LogP contribution in [-0.2, 0) is 16.0 Å². The number of amides is 2. The molecular weight excluding hydrogens is 404 g/mol. The number of rotatable bonds is 8. The number of carbonyl (C=O) groups is 2. The van der Waals surface area contributed by atoms with Gasteiger partial charge in [-0.2, -0.15) is 0 Å². The summed E-state index contributed by atoms with van der Waals surface area (Å²) in [5.74, 6) is 1.58. The summed E-state index contributed by atoms with van der Waals surface area (Å²) in [5.41, 5.74) is 0.695. The molecule has 3 aliphatic rings. The molecule has 2 fully saturated rings. The van der Waals surface area contributed by atoms with E-state index in [2.05, 4.69) is 24.1 Å². The third-order valence-electron chi connectivity index (χ3n) is 8.09. The van der Waals surface area contributed by atoms with Gasteiger partial charge in [0.1, 0.15) is 18.1 Å². The van der Waals surface area contributed by atoms with Crippen molar-refractivity contribution >= 4 is 11.8 Å². The first-order valence-corrected chi connectivity index (χ1v) is 12.4. The molecule has 176 valence electrons. The van der Waals surface area contributed by atoms with Crippen LogP contribution in [0, 0.1) is 5.41 Å². The number of carbonyl (C=O) groups excluding carboxylic acids is 2. The number of nitrogens with one attached hydrogen (secondary N) is 1. The van der Waals surface area contributed by atoms with Crippen molar-refractivity contribution < 1.29 is 19.1 Å². The molecule has 6 nitrogen and oxygen atoms in total. The SMILES string of the molecule is CCCCC1(N(CCC)C2COc3cccc(OC)c3C2)CCCC12CC(=O)NC(=O)C2. The highest BCUT2D eigenvalue weighted by Gasteiger charge is 2.61. The molecule has 1 aliphatic carbocycles. The van der Waals surface area contributed by atoms with Gasteiger partial charge in [-0.15, -0.1) is 0 Å². The Hall–Kier alpha value is -2.08. The lowest BCUT2D eigenvalue weighted by Gasteiger charge is -2.56. The normalized spacial score (nSPS) is 26.7. The van der Waals surface area contributed by atoms with Gasteiger partial charge in [-0.1, -0.05) is 39.2 Å². The van der Waals surface area contributed by atoms with Gasteiger partial charge in [0.15, 0.2) is 0 Å². The fourth-order valence-corrected chi connectivity index (χ4v) is 6.84. The van der Waals surface area contributed by atoms with Crippen molar-refractivity contribution in [3.63, 3.8) is 0 Å². The van der Waals surface area contributed by atoms with Crippen LogP contribution in [0.25, 0.3) is 0 Å². The predicted molar refractivity (Wildman–Crippen MR) is 124 cm³/mol. The average Bonchev–Trinajstić information content (AvgIpc) is 3.11. The van der Waals surface area contributed by atoms with Crippen molar-refractivity contribution in [1.29, 1.82) is 0 Å². The highest BCUT2D eigenvalue weighted by Crippen LogP contribution is 2.58. The summed E-state index contributed by atoms with van der Waals surface area (Å²) in [4.78, 5) is 27.9. The molecule has 0 bridgehead atoms. The molecule has 1 saturated heterocycles. The number of fused-ring (bicyclic) bond motifs is 1. The van der Waals surface area contributed by atoms with E-state index in [1.165, 1.54) is 0 Å².